The Labute approximate surface area is 185 Å². The van der Waals surface area contributed by atoms with E-state index >= 15 is 0 Å². The zero-order valence-corrected chi connectivity index (χ0v) is 18.1. The van der Waals surface area contributed by atoms with Crippen LogP contribution in [0.25, 0.3) is 33.3 Å². The lowest BCUT2D eigenvalue weighted by molar-refractivity contribution is 0.586. The van der Waals surface area contributed by atoms with E-state index in [9.17, 15) is 22.0 Å². The minimum atomic E-state index is -3.68. The zero-order chi connectivity index (χ0) is 23.5. The van der Waals surface area contributed by atoms with Gasteiger partial charge in [0.25, 0.3) is 5.56 Å². The first kappa shape index (κ1) is 20.8. The Morgan fingerprint density at radius 3 is 2.64 bits per heavy atom. The molecule has 5 rings (SSSR count). The van der Waals surface area contributed by atoms with Gasteiger partial charge in [0.1, 0.15) is 28.4 Å². The largest absolute Gasteiger partial charge is 0.357 e. The van der Waals surface area contributed by atoms with E-state index in [-0.39, 0.29) is 33.9 Å². The summed E-state index contributed by atoms with van der Waals surface area (Å²) in [6, 6.07) is 6.18. The molecule has 0 saturated carbocycles. The second-order valence-electron chi connectivity index (χ2n) is 7.48. The van der Waals surface area contributed by atoms with Crippen LogP contribution in [0.1, 0.15) is 0 Å². The van der Waals surface area contributed by atoms with Crippen LogP contribution in [0.4, 0.5) is 20.3 Å². The Hall–Kier alpha value is -4.06. The highest BCUT2D eigenvalue weighted by atomic mass is 32.2. The molecule has 0 aliphatic carbocycles. The van der Waals surface area contributed by atoms with Gasteiger partial charge in [0, 0.05) is 42.7 Å². The molecule has 0 atom stereocenters. The Balaban J connectivity index is 1.84. The SMILES string of the molecule is Cn1cc(-c2nc3c(ccn3S(C)(=O)=O)nc2Nc2ccc(F)cc2F)c2cc[nH]c2c1=O. The van der Waals surface area contributed by atoms with Crippen molar-refractivity contribution in [2.75, 3.05) is 11.6 Å². The highest BCUT2D eigenvalue weighted by Crippen LogP contribution is 2.34. The topological polar surface area (TPSA) is 115 Å². The molecule has 0 bridgehead atoms. The fourth-order valence-corrected chi connectivity index (χ4v) is 4.37. The van der Waals surface area contributed by atoms with E-state index in [2.05, 4.69) is 20.3 Å². The van der Waals surface area contributed by atoms with Gasteiger partial charge in [-0.05, 0) is 24.3 Å². The number of hydrogen-bond acceptors (Lipinski definition) is 6. The van der Waals surface area contributed by atoms with Gasteiger partial charge in [-0.15, -0.1) is 0 Å². The number of aromatic amines is 1. The Morgan fingerprint density at radius 2 is 1.91 bits per heavy atom. The molecule has 0 aliphatic heterocycles. The van der Waals surface area contributed by atoms with Gasteiger partial charge >= 0.3 is 0 Å². The highest BCUT2D eigenvalue weighted by molar-refractivity contribution is 7.89. The lowest BCUT2D eigenvalue weighted by Crippen LogP contribution is -2.17. The van der Waals surface area contributed by atoms with E-state index in [1.165, 1.54) is 29.1 Å². The summed E-state index contributed by atoms with van der Waals surface area (Å²) in [5, 5.41) is 3.35. The van der Waals surface area contributed by atoms with Crippen molar-refractivity contribution < 1.29 is 17.2 Å². The number of H-pyrrole nitrogens is 1. The second-order valence-corrected chi connectivity index (χ2v) is 9.34. The maximum Gasteiger partial charge on any atom is 0.274 e. The van der Waals surface area contributed by atoms with Gasteiger partial charge in [0.05, 0.1) is 11.9 Å². The number of nitrogens with zero attached hydrogens (tertiary/aromatic N) is 4. The Kier molecular flexibility index (Phi) is 4.57. The molecule has 12 heteroatoms. The number of nitrogens with one attached hydrogen (secondary N) is 2. The molecule has 5 aromatic rings. The van der Waals surface area contributed by atoms with Crippen molar-refractivity contribution in [2.24, 2.45) is 7.05 Å². The van der Waals surface area contributed by atoms with Crippen molar-refractivity contribution in [3.63, 3.8) is 0 Å². The summed E-state index contributed by atoms with van der Waals surface area (Å²) in [5.41, 5.74) is 0.924. The first-order chi connectivity index (χ1) is 15.6. The highest BCUT2D eigenvalue weighted by Gasteiger charge is 2.21. The summed E-state index contributed by atoms with van der Waals surface area (Å²) in [5.74, 6) is -1.48. The van der Waals surface area contributed by atoms with Crippen LogP contribution in [-0.4, -0.2) is 38.2 Å². The van der Waals surface area contributed by atoms with Gasteiger partial charge in [0.2, 0.25) is 10.0 Å². The Morgan fingerprint density at radius 1 is 1.12 bits per heavy atom. The molecule has 4 aromatic heterocycles. The number of fused-ring (bicyclic) bond motifs is 2. The fraction of sp³-hybridized carbons (Fsp3) is 0.0952. The number of halogens is 2. The normalized spacial score (nSPS) is 12.0. The van der Waals surface area contributed by atoms with E-state index in [4.69, 9.17) is 0 Å². The number of aryl methyl sites for hydroxylation is 1. The van der Waals surface area contributed by atoms with Gasteiger partial charge in [-0.2, -0.15) is 0 Å². The third kappa shape index (κ3) is 3.44. The van der Waals surface area contributed by atoms with Crippen LogP contribution in [0.3, 0.4) is 0 Å². The minimum absolute atomic E-state index is 0.0519. The van der Waals surface area contributed by atoms with Crippen LogP contribution in [-0.2, 0) is 17.1 Å². The van der Waals surface area contributed by atoms with Gasteiger partial charge in [-0.25, -0.2) is 31.1 Å². The molecule has 2 N–H and O–H groups in total. The molecule has 9 nitrogen and oxygen atoms in total. The molecule has 0 aliphatic rings. The lowest BCUT2D eigenvalue weighted by atomic mass is 10.1. The summed E-state index contributed by atoms with van der Waals surface area (Å²) in [6.45, 7) is 0. The van der Waals surface area contributed by atoms with E-state index < -0.39 is 21.7 Å². The van der Waals surface area contributed by atoms with Crippen LogP contribution in [0.5, 0.6) is 0 Å². The van der Waals surface area contributed by atoms with Crippen molar-refractivity contribution in [3.8, 4) is 11.3 Å². The maximum atomic E-state index is 14.4. The average molecular weight is 470 g/mol. The van der Waals surface area contributed by atoms with Crippen LogP contribution < -0.4 is 10.9 Å². The molecule has 0 saturated heterocycles. The van der Waals surface area contributed by atoms with Crippen molar-refractivity contribution in [3.05, 3.63) is 70.9 Å². The molecule has 0 amide bonds. The van der Waals surface area contributed by atoms with Crippen molar-refractivity contribution in [2.45, 2.75) is 0 Å². The first-order valence-electron chi connectivity index (χ1n) is 9.62. The van der Waals surface area contributed by atoms with E-state index in [0.29, 0.717) is 16.5 Å². The third-order valence-electron chi connectivity index (χ3n) is 5.17. The molecule has 0 unspecified atom stereocenters. The predicted molar refractivity (Wildman–Crippen MR) is 120 cm³/mol. The monoisotopic (exact) mass is 470 g/mol. The molecule has 0 spiro atoms. The van der Waals surface area contributed by atoms with Gasteiger partial charge in [-0.1, -0.05) is 0 Å². The van der Waals surface area contributed by atoms with Gasteiger partial charge < -0.3 is 14.9 Å². The summed E-state index contributed by atoms with van der Waals surface area (Å²) < 4.78 is 54.5. The third-order valence-corrected chi connectivity index (χ3v) is 6.18. The molecule has 0 fully saturated rings. The molecule has 4 heterocycles. The van der Waals surface area contributed by atoms with Crippen LogP contribution in [0.2, 0.25) is 0 Å². The second kappa shape index (κ2) is 7.24. The summed E-state index contributed by atoms with van der Waals surface area (Å²) >= 11 is 0. The standard InChI is InChI=1S/C21H16F2N6O3S/c1-28-10-13(12-5-7-24-18(12)21(28)30)17-19(25-15-4-3-11(22)9-14(15)23)26-16-6-8-29(20(16)27-17)33(2,31)32/h3-10,24H,1-2H3,(H,25,26). The summed E-state index contributed by atoms with van der Waals surface area (Å²) in [6.07, 6.45) is 5.48. The number of hydrogen-bond donors (Lipinski definition) is 2. The molecule has 168 valence electrons. The maximum absolute atomic E-state index is 14.4. The average Bonchev–Trinajstić information content (AvgIpc) is 3.39. The molecule has 33 heavy (non-hydrogen) atoms. The van der Waals surface area contributed by atoms with E-state index in [1.807, 2.05) is 0 Å². The fourth-order valence-electron chi connectivity index (χ4n) is 3.64. The number of aromatic nitrogens is 5. The summed E-state index contributed by atoms with van der Waals surface area (Å²) in [4.78, 5) is 24.4. The first-order valence-corrected chi connectivity index (χ1v) is 11.5. The Bertz CT molecular complexity index is 1740. The number of pyridine rings is 1. The molecule has 1 aromatic carbocycles. The minimum Gasteiger partial charge on any atom is -0.357 e. The molecular weight excluding hydrogens is 454 g/mol. The van der Waals surface area contributed by atoms with Crippen molar-refractivity contribution in [1.29, 1.82) is 0 Å². The van der Waals surface area contributed by atoms with Crippen molar-refractivity contribution >= 4 is 43.6 Å². The smallest absolute Gasteiger partial charge is 0.274 e. The van der Waals surface area contributed by atoms with Crippen LogP contribution >= 0.6 is 0 Å². The molecule has 0 radical (unpaired) electrons. The summed E-state index contributed by atoms with van der Waals surface area (Å²) in [7, 11) is -2.12. The number of anilines is 2. The van der Waals surface area contributed by atoms with E-state index in [1.54, 1.807) is 19.3 Å². The van der Waals surface area contributed by atoms with Gasteiger partial charge in [0.15, 0.2) is 11.5 Å². The predicted octanol–water partition coefficient (Wildman–Crippen LogP) is 3.11. The number of benzene rings is 1. The zero-order valence-electron chi connectivity index (χ0n) is 17.3. The lowest BCUT2D eigenvalue weighted by Gasteiger charge is -2.14. The van der Waals surface area contributed by atoms with Gasteiger partial charge in [-0.3, -0.25) is 4.79 Å². The quantitative estimate of drug-likeness (QED) is 0.417. The van der Waals surface area contributed by atoms with Crippen LogP contribution in [0.15, 0.2) is 53.7 Å². The van der Waals surface area contributed by atoms with E-state index in [0.717, 1.165) is 22.4 Å². The molecular formula is C21H16F2N6O3S. The van der Waals surface area contributed by atoms with Crippen molar-refractivity contribution in [1.82, 2.24) is 23.5 Å². The number of rotatable bonds is 4. The van der Waals surface area contributed by atoms with Crippen LogP contribution in [0, 0.1) is 11.6 Å².